The fourth-order valence-electron chi connectivity index (χ4n) is 3.81. The first kappa shape index (κ1) is 17.9. The van der Waals surface area contributed by atoms with Crippen LogP contribution in [0.15, 0.2) is 6.20 Å². The number of rotatable bonds is 6. The van der Waals surface area contributed by atoms with E-state index in [2.05, 4.69) is 41.2 Å². The van der Waals surface area contributed by atoms with Gasteiger partial charge in [-0.3, -0.25) is 10.00 Å². The van der Waals surface area contributed by atoms with Crippen LogP contribution in [0.4, 0.5) is 0 Å². The van der Waals surface area contributed by atoms with Gasteiger partial charge in [0.2, 0.25) is 0 Å². The molecule has 2 N–H and O–H groups in total. The predicted octanol–water partition coefficient (Wildman–Crippen LogP) is 1.53. The first-order valence-electron chi connectivity index (χ1n) is 9.18. The lowest BCUT2D eigenvalue weighted by atomic mass is 9.89. The molecular formula is C18H32N4O2. The van der Waals surface area contributed by atoms with Crippen LogP contribution in [-0.2, 0) is 21.4 Å². The zero-order valence-corrected chi connectivity index (χ0v) is 15.3. The molecule has 6 nitrogen and oxygen atoms in total. The molecule has 1 aromatic rings. The van der Waals surface area contributed by atoms with Gasteiger partial charge in [-0.15, -0.1) is 0 Å². The van der Waals surface area contributed by atoms with Gasteiger partial charge in [-0.05, 0) is 6.42 Å². The van der Waals surface area contributed by atoms with E-state index in [1.807, 2.05) is 6.20 Å². The lowest BCUT2D eigenvalue weighted by Crippen LogP contribution is -2.51. The molecule has 1 aromatic heterocycles. The maximum Gasteiger partial charge on any atom is 0.0594 e. The van der Waals surface area contributed by atoms with Gasteiger partial charge in [-0.25, -0.2) is 0 Å². The van der Waals surface area contributed by atoms with Crippen molar-refractivity contribution in [3.05, 3.63) is 17.5 Å². The average molecular weight is 336 g/mol. The SMILES string of the molecule is CC(C)(C)c1[nH]ncc1CNC[C@H]([C@@H]1CCOC1)N1CCOCC1. The van der Waals surface area contributed by atoms with Crippen molar-refractivity contribution in [1.29, 1.82) is 0 Å². The molecule has 0 radical (unpaired) electrons. The summed E-state index contributed by atoms with van der Waals surface area (Å²) in [6.07, 6.45) is 3.12. The van der Waals surface area contributed by atoms with Crippen molar-refractivity contribution in [2.75, 3.05) is 46.1 Å². The van der Waals surface area contributed by atoms with Crippen LogP contribution in [0, 0.1) is 5.92 Å². The van der Waals surface area contributed by atoms with Crippen LogP contribution >= 0.6 is 0 Å². The van der Waals surface area contributed by atoms with Gasteiger partial charge in [0.15, 0.2) is 0 Å². The van der Waals surface area contributed by atoms with Crippen molar-refractivity contribution in [1.82, 2.24) is 20.4 Å². The van der Waals surface area contributed by atoms with E-state index in [9.17, 15) is 0 Å². The normalized spacial score (nSPS) is 24.4. The number of nitrogens with one attached hydrogen (secondary N) is 2. The number of aromatic nitrogens is 2. The zero-order valence-electron chi connectivity index (χ0n) is 15.3. The topological polar surface area (TPSA) is 62.4 Å². The fourth-order valence-corrected chi connectivity index (χ4v) is 3.81. The summed E-state index contributed by atoms with van der Waals surface area (Å²) >= 11 is 0. The molecule has 0 bridgehead atoms. The number of H-pyrrole nitrogens is 1. The molecule has 0 aliphatic carbocycles. The molecular weight excluding hydrogens is 304 g/mol. The van der Waals surface area contributed by atoms with Crippen LogP contribution in [0.5, 0.6) is 0 Å². The van der Waals surface area contributed by atoms with Crippen LogP contribution in [0.25, 0.3) is 0 Å². The molecule has 0 aromatic carbocycles. The average Bonchev–Trinajstić information content (AvgIpc) is 3.23. The lowest BCUT2D eigenvalue weighted by molar-refractivity contribution is 0.00136. The second kappa shape index (κ2) is 7.95. The summed E-state index contributed by atoms with van der Waals surface area (Å²) in [6.45, 7) is 14.1. The van der Waals surface area contributed by atoms with Gasteiger partial charge in [0.1, 0.15) is 0 Å². The van der Waals surface area contributed by atoms with Crippen LogP contribution in [0.2, 0.25) is 0 Å². The number of hydrogen-bond acceptors (Lipinski definition) is 5. The molecule has 0 spiro atoms. The number of morpholine rings is 1. The van der Waals surface area contributed by atoms with E-state index in [1.165, 1.54) is 17.7 Å². The minimum Gasteiger partial charge on any atom is -0.381 e. The standard InChI is InChI=1S/C18H32N4O2/c1-18(2,3)17-15(11-20-21-17)10-19-12-16(14-4-7-24-13-14)22-5-8-23-9-6-22/h11,14,16,19H,4-10,12-13H2,1-3H3,(H,20,21)/t14-,16-/m1/s1. The Balaban J connectivity index is 1.58. The van der Waals surface area contributed by atoms with Gasteiger partial charge >= 0.3 is 0 Å². The van der Waals surface area contributed by atoms with Gasteiger partial charge in [0.05, 0.1) is 26.0 Å². The van der Waals surface area contributed by atoms with Gasteiger partial charge in [0, 0.05) is 61.4 Å². The third-order valence-corrected chi connectivity index (χ3v) is 5.16. The third kappa shape index (κ3) is 4.36. The summed E-state index contributed by atoms with van der Waals surface area (Å²) in [4.78, 5) is 2.58. The summed E-state index contributed by atoms with van der Waals surface area (Å²) in [6, 6.07) is 0.529. The lowest BCUT2D eigenvalue weighted by Gasteiger charge is -2.37. The third-order valence-electron chi connectivity index (χ3n) is 5.16. The van der Waals surface area contributed by atoms with Gasteiger partial charge in [0.25, 0.3) is 0 Å². The minimum absolute atomic E-state index is 0.0937. The van der Waals surface area contributed by atoms with Crippen molar-refractivity contribution in [3.63, 3.8) is 0 Å². The van der Waals surface area contributed by atoms with Crippen molar-refractivity contribution in [3.8, 4) is 0 Å². The number of hydrogen-bond donors (Lipinski definition) is 2. The maximum absolute atomic E-state index is 5.64. The minimum atomic E-state index is 0.0937. The Bertz CT molecular complexity index is 499. The Kier molecular flexibility index (Phi) is 5.92. The fraction of sp³-hybridized carbons (Fsp3) is 0.833. The summed E-state index contributed by atoms with van der Waals surface area (Å²) in [5.74, 6) is 0.627. The highest BCUT2D eigenvalue weighted by molar-refractivity contribution is 5.23. The summed E-state index contributed by atoms with van der Waals surface area (Å²) in [5.41, 5.74) is 2.59. The highest BCUT2D eigenvalue weighted by atomic mass is 16.5. The molecule has 0 saturated carbocycles. The number of aromatic amines is 1. The zero-order chi connectivity index (χ0) is 17.0. The Hall–Kier alpha value is -0.950. The van der Waals surface area contributed by atoms with E-state index in [0.717, 1.165) is 52.6 Å². The Morgan fingerprint density at radius 2 is 2.08 bits per heavy atom. The number of nitrogens with zero attached hydrogens (tertiary/aromatic N) is 2. The van der Waals surface area contributed by atoms with Crippen LogP contribution in [0.1, 0.15) is 38.4 Å². The number of ether oxygens (including phenoxy) is 2. The molecule has 3 heterocycles. The monoisotopic (exact) mass is 336 g/mol. The Labute approximate surface area is 145 Å². The van der Waals surface area contributed by atoms with Gasteiger partial charge in [-0.1, -0.05) is 20.8 Å². The summed E-state index contributed by atoms with van der Waals surface area (Å²) in [7, 11) is 0. The highest BCUT2D eigenvalue weighted by Gasteiger charge is 2.31. The largest absolute Gasteiger partial charge is 0.381 e. The Morgan fingerprint density at radius 1 is 1.29 bits per heavy atom. The molecule has 3 rings (SSSR count). The second-order valence-electron chi connectivity index (χ2n) is 7.99. The van der Waals surface area contributed by atoms with Gasteiger partial charge < -0.3 is 14.8 Å². The van der Waals surface area contributed by atoms with Crippen molar-refractivity contribution < 1.29 is 9.47 Å². The quantitative estimate of drug-likeness (QED) is 0.825. The second-order valence-corrected chi connectivity index (χ2v) is 7.99. The molecule has 2 aliphatic rings. The molecule has 0 amide bonds. The predicted molar refractivity (Wildman–Crippen MR) is 94.1 cm³/mol. The first-order valence-corrected chi connectivity index (χ1v) is 9.18. The molecule has 2 aliphatic heterocycles. The molecule has 2 fully saturated rings. The van der Waals surface area contributed by atoms with Crippen molar-refractivity contribution in [2.45, 2.75) is 45.2 Å². The van der Waals surface area contributed by atoms with E-state index >= 15 is 0 Å². The molecule has 0 unspecified atom stereocenters. The van der Waals surface area contributed by atoms with E-state index in [0.29, 0.717) is 12.0 Å². The molecule has 2 saturated heterocycles. The maximum atomic E-state index is 5.64. The summed E-state index contributed by atoms with van der Waals surface area (Å²) in [5, 5.41) is 11.1. The van der Waals surface area contributed by atoms with E-state index in [1.54, 1.807) is 0 Å². The smallest absolute Gasteiger partial charge is 0.0594 e. The highest BCUT2D eigenvalue weighted by Crippen LogP contribution is 2.24. The first-order chi connectivity index (χ1) is 11.6. The van der Waals surface area contributed by atoms with E-state index in [4.69, 9.17) is 9.47 Å². The van der Waals surface area contributed by atoms with Crippen LogP contribution < -0.4 is 5.32 Å². The Morgan fingerprint density at radius 3 is 2.75 bits per heavy atom. The molecule has 136 valence electrons. The molecule has 24 heavy (non-hydrogen) atoms. The van der Waals surface area contributed by atoms with Crippen LogP contribution in [-0.4, -0.2) is 67.2 Å². The van der Waals surface area contributed by atoms with Gasteiger partial charge in [-0.2, -0.15) is 5.10 Å². The molecule has 2 atom stereocenters. The van der Waals surface area contributed by atoms with Crippen molar-refractivity contribution >= 4 is 0 Å². The van der Waals surface area contributed by atoms with Crippen molar-refractivity contribution in [2.24, 2.45) is 5.92 Å². The van der Waals surface area contributed by atoms with E-state index in [-0.39, 0.29) is 5.41 Å². The summed E-state index contributed by atoms with van der Waals surface area (Å²) < 4.78 is 11.2. The molecule has 6 heteroatoms. The van der Waals surface area contributed by atoms with Crippen LogP contribution in [0.3, 0.4) is 0 Å². The van der Waals surface area contributed by atoms with E-state index < -0.39 is 0 Å².